The van der Waals surface area contributed by atoms with Crippen LogP contribution in [0.4, 0.5) is 4.39 Å². The summed E-state index contributed by atoms with van der Waals surface area (Å²) >= 11 is 0. The third-order valence-electron chi connectivity index (χ3n) is 7.03. The molecule has 2 fully saturated rings. The van der Waals surface area contributed by atoms with E-state index in [-0.39, 0.29) is 18.7 Å². The maximum Gasteiger partial charge on any atom is 0.255 e. The van der Waals surface area contributed by atoms with Crippen LogP contribution >= 0.6 is 0 Å². The van der Waals surface area contributed by atoms with Gasteiger partial charge in [-0.05, 0) is 37.8 Å². The molecule has 1 unspecified atom stereocenters. The van der Waals surface area contributed by atoms with Crippen LogP contribution in [-0.4, -0.2) is 53.2 Å². The fraction of sp³-hybridized carbons (Fsp3) is 0.429. The highest BCUT2D eigenvalue weighted by Gasteiger charge is 2.41. The summed E-state index contributed by atoms with van der Waals surface area (Å²) in [5, 5.41) is 18.0. The van der Waals surface area contributed by atoms with Gasteiger partial charge in [-0.15, -0.1) is 0 Å². The zero-order valence-corrected chi connectivity index (χ0v) is 21.2. The van der Waals surface area contributed by atoms with Crippen molar-refractivity contribution in [3.63, 3.8) is 0 Å². The normalized spacial score (nSPS) is 22.8. The number of pyridine rings is 1. The van der Waals surface area contributed by atoms with Gasteiger partial charge in [0.1, 0.15) is 24.7 Å². The molecule has 2 aliphatic heterocycles. The number of rotatable bonds is 6. The number of nitrogens with zero attached hydrogens (tertiary/aromatic N) is 4. The van der Waals surface area contributed by atoms with Crippen molar-refractivity contribution < 1.29 is 23.4 Å². The summed E-state index contributed by atoms with van der Waals surface area (Å²) in [7, 11) is 1.48. The zero-order chi connectivity index (χ0) is 26.6. The second-order valence-corrected chi connectivity index (χ2v) is 9.37. The fourth-order valence-electron chi connectivity index (χ4n) is 4.94. The topological polar surface area (TPSA) is 111 Å². The summed E-state index contributed by atoms with van der Waals surface area (Å²) in [5.74, 6) is 5.83. The van der Waals surface area contributed by atoms with Crippen LogP contribution in [0.3, 0.4) is 0 Å². The highest BCUT2D eigenvalue weighted by atomic mass is 19.1. The van der Waals surface area contributed by atoms with Crippen LogP contribution in [0, 0.1) is 29.1 Å². The van der Waals surface area contributed by atoms with E-state index < -0.39 is 24.0 Å². The Morgan fingerprint density at radius 1 is 1.24 bits per heavy atom. The monoisotopic (exact) mass is 517 g/mol. The van der Waals surface area contributed by atoms with Crippen molar-refractivity contribution in [3.05, 3.63) is 47.4 Å². The molecular weight excluding hydrogens is 489 g/mol. The Bertz CT molecular complexity index is 1450. The van der Waals surface area contributed by atoms with Gasteiger partial charge in [-0.3, -0.25) is 4.79 Å². The molecule has 2 aromatic heterocycles. The van der Waals surface area contributed by atoms with E-state index in [0.29, 0.717) is 34.1 Å². The minimum absolute atomic E-state index is 0.0581. The van der Waals surface area contributed by atoms with Crippen LogP contribution in [0.15, 0.2) is 30.7 Å². The van der Waals surface area contributed by atoms with E-state index in [0.717, 1.165) is 31.4 Å². The lowest BCUT2D eigenvalue weighted by Crippen LogP contribution is -2.34. The van der Waals surface area contributed by atoms with E-state index in [1.54, 1.807) is 29.2 Å². The van der Waals surface area contributed by atoms with Crippen molar-refractivity contribution in [1.29, 1.82) is 5.26 Å². The molecule has 0 spiro atoms. The number of hydrogen-bond acceptors (Lipinski definition) is 7. The number of alkyl halides is 1. The number of aromatic nitrogens is 3. The van der Waals surface area contributed by atoms with Crippen molar-refractivity contribution in [2.75, 3.05) is 20.3 Å². The van der Waals surface area contributed by atoms with Crippen LogP contribution in [0.1, 0.15) is 55.5 Å². The first-order chi connectivity index (χ1) is 18.5. The van der Waals surface area contributed by atoms with Gasteiger partial charge < -0.3 is 19.5 Å². The predicted octanol–water partition coefficient (Wildman–Crippen LogP) is 3.65. The van der Waals surface area contributed by atoms with Crippen LogP contribution in [0.5, 0.6) is 11.6 Å². The number of amides is 1. The van der Waals surface area contributed by atoms with E-state index in [4.69, 9.17) is 14.2 Å². The van der Waals surface area contributed by atoms with E-state index in [1.807, 2.05) is 13.1 Å². The lowest BCUT2D eigenvalue weighted by atomic mass is 9.97. The van der Waals surface area contributed by atoms with Gasteiger partial charge in [0.2, 0.25) is 5.88 Å². The largest absolute Gasteiger partial charge is 0.495 e. The molecule has 1 amide bonds. The second kappa shape index (κ2) is 11.1. The Morgan fingerprint density at radius 2 is 2.11 bits per heavy atom. The van der Waals surface area contributed by atoms with Gasteiger partial charge in [-0.25, -0.2) is 14.1 Å². The molecule has 4 heterocycles. The third kappa shape index (κ3) is 5.00. The Labute approximate surface area is 219 Å². The molecule has 2 aliphatic rings. The lowest BCUT2D eigenvalue weighted by Gasteiger charge is -2.22. The van der Waals surface area contributed by atoms with Crippen LogP contribution < -0.4 is 14.8 Å². The first-order valence-electron chi connectivity index (χ1n) is 12.7. The van der Waals surface area contributed by atoms with Crippen molar-refractivity contribution in [1.82, 2.24) is 20.1 Å². The molecule has 196 valence electrons. The molecule has 5 rings (SSSR count). The van der Waals surface area contributed by atoms with Gasteiger partial charge in [0.25, 0.3) is 5.91 Å². The van der Waals surface area contributed by atoms with E-state index in [2.05, 4.69) is 33.3 Å². The maximum atomic E-state index is 14.2. The molecule has 9 nitrogen and oxygen atoms in total. The number of methoxy groups -OCH3 is 1. The Morgan fingerprint density at radius 3 is 2.84 bits per heavy atom. The van der Waals surface area contributed by atoms with Gasteiger partial charge >= 0.3 is 0 Å². The van der Waals surface area contributed by atoms with Gasteiger partial charge in [0.05, 0.1) is 36.0 Å². The number of nitrogens with one attached hydrogen (secondary N) is 1. The Kier molecular flexibility index (Phi) is 7.43. The summed E-state index contributed by atoms with van der Waals surface area (Å²) in [5.41, 5.74) is 1.67. The molecule has 1 aromatic carbocycles. The molecule has 4 atom stereocenters. The third-order valence-corrected chi connectivity index (χ3v) is 7.03. The van der Waals surface area contributed by atoms with Crippen LogP contribution in [0.2, 0.25) is 0 Å². The average Bonchev–Trinajstić information content (AvgIpc) is 3.54. The summed E-state index contributed by atoms with van der Waals surface area (Å²) in [4.78, 5) is 16.3. The fourth-order valence-corrected chi connectivity index (χ4v) is 4.94. The number of carbonyl (C=O) groups excluding carboxylic acids is 1. The van der Waals surface area contributed by atoms with Gasteiger partial charge in [-0.1, -0.05) is 18.8 Å². The number of halogens is 1. The first kappa shape index (κ1) is 25.5. The Balaban J connectivity index is 1.46. The molecule has 0 aliphatic carbocycles. The second-order valence-electron chi connectivity index (χ2n) is 9.37. The van der Waals surface area contributed by atoms with Crippen molar-refractivity contribution in [3.8, 4) is 29.5 Å². The van der Waals surface area contributed by atoms with Crippen molar-refractivity contribution >= 4 is 16.7 Å². The molecular formula is C28H28FN5O4. The minimum Gasteiger partial charge on any atom is -0.495 e. The van der Waals surface area contributed by atoms with E-state index >= 15 is 0 Å². The molecule has 0 saturated carbocycles. The molecule has 0 radical (unpaired) electrons. The Hall–Kier alpha value is -4.15. The first-order valence-corrected chi connectivity index (χ1v) is 12.7. The van der Waals surface area contributed by atoms with Gasteiger partial charge in [-0.2, -0.15) is 10.4 Å². The number of fused-ring (bicyclic) bond motifs is 1. The number of carbonyl (C=O) groups is 1. The van der Waals surface area contributed by atoms with Crippen LogP contribution in [-0.2, 0) is 9.53 Å². The number of hydrogen-bond donors (Lipinski definition) is 1. The summed E-state index contributed by atoms with van der Waals surface area (Å²) in [6.07, 6.45) is 7.08. The summed E-state index contributed by atoms with van der Waals surface area (Å²) < 4.78 is 33.2. The predicted molar refractivity (Wildman–Crippen MR) is 136 cm³/mol. The zero-order valence-electron chi connectivity index (χ0n) is 21.2. The molecule has 0 bridgehead atoms. The molecule has 2 saturated heterocycles. The standard InChI is InChI=1S/C28H28FN5O4/c1-3-20-23(33-27(35)26(20)29)16-38-28-22-11-24(36-2)19(12-30)10-21(22)18(14-31-28)8-7-17-13-32-34(15-17)25-6-4-5-9-37-25/h10-11,13-15,20,23,25-26H,3-6,9,16H2,1-2H3,(H,33,35)/t20-,23+,25?,26-/m0/s1. The van der Waals surface area contributed by atoms with Gasteiger partial charge in [0, 0.05) is 35.7 Å². The molecule has 38 heavy (non-hydrogen) atoms. The number of ether oxygens (including phenoxy) is 3. The van der Waals surface area contributed by atoms with E-state index in [9.17, 15) is 14.4 Å². The SMILES string of the molecule is CC[C@@H]1[C@H](F)C(=O)N[C@@H]1COc1ncc(C#Cc2cnn(C3CCCCO3)c2)c2cc(C#N)c(OC)cc12. The molecule has 10 heteroatoms. The van der Waals surface area contributed by atoms with E-state index in [1.165, 1.54) is 7.11 Å². The van der Waals surface area contributed by atoms with Crippen molar-refractivity contribution in [2.45, 2.75) is 51.0 Å². The molecule has 3 aromatic rings. The van der Waals surface area contributed by atoms with Crippen LogP contribution in [0.25, 0.3) is 10.8 Å². The highest BCUT2D eigenvalue weighted by Crippen LogP contribution is 2.33. The lowest BCUT2D eigenvalue weighted by molar-refractivity contribution is -0.123. The number of benzene rings is 1. The molecule has 1 N–H and O–H groups in total. The number of nitriles is 1. The quantitative estimate of drug-likeness (QED) is 0.497. The smallest absolute Gasteiger partial charge is 0.255 e. The average molecular weight is 518 g/mol. The summed E-state index contributed by atoms with van der Waals surface area (Å²) in [6.45, 7) is 2.62. The minimum atomic E-state index is -1.55. The van der Waals surface area contributed by atoms with Crippen molar-refractivity contribution in [2.24, 2.45) is 5.92 Å². The summed E-state index contributed by atoms with van der Waals surface area (Å²) in [6, 6.07) is 5.05. The maximum absolute atomic E-state index is 14.2. The highest BCUT2D eigenvalue weighted by molar-refractivity contribution is 5.94. The van der Waals surface area contributed by atoms with Gasteiger partial charge in [0.15, 0.2) is 6.17 Å².